The van der Waals surface area contributed by atoms with E-state index >= 15 is 0 Å². The number of hydrogen-bond acceptors (Lipinski definition) is 2. The molecular weight excluding hydrogens is 188 g/mol. The quantitative estimate of drug-likeness (QED) is 0.475. The van der Waals surface area contributed by atoms with Gasteiger partial charge in [0, 0.05) is 0 Å². The fourth-order valence-electron chi connectivity index (χ4n) is 2.25. The average Bonchev–Trinajstić information content (AvgIpc) is 2.51. The van der Waals surface area contributed by atoms with Gasteiger partial charge in [0.1, 0.15) is 0 Å². The molecule has 1 fully saturated rings. The minimum atomic E-state index is 0.0380. The first-order valence-corrected chi connectivity index (χ1v) is 6.44. The molecule has 0 N–H and O–H groups in total. The summed E-state index contributed by atoms with van der Waals surface area (Å²) in [4.78, 5) is 11.3. The number of rotatable bonds is 7. The van der Waals surface area contributed by atoms with Gasteiger partial charge in [-0.3, -0.25) is 4.79 Å². The maximum absolute atomic E-state index is 11.3. The molecule has 0 aromatic heterocycles. The summed E-state index contributed by atoms with van der Waals surface area (Å²) in [5.41, 5.74) is 0. The van der Waals surface area contributed by atoms with Gasteiger partial charge < -0.3 is 4.74 Å². The standard InChI is InChI=1S/C13H24O2/c1-3-4-5-6-7-8-9-12-10-11(2)15-13(12)14/h11-12H,3-10H2,1-2H3/t11-,12+/m1/s1. The molecule has 0 radical (unpaired) electrons. The fourth-order valence-corrected chi connectivity index (χ4v) is 2.25. The highest BCUT2D eigenvalue weighted by molar-refractivity contribution is 5.74. The maximum atomic E-state index is 11.3. The third-order valence-electron chi connectivity index (χ3n) is 3.17. The monoisotopic (exact) mass is 212 g/mol. The summed E-state index contributed by atoms with van der Waals surface area (Å²) in [6, 6.07) is 0. The molecule has 88 valence electrons. The second-order valence-electron chi connectivity index (χ2n) is 4.74. The Balaban J connectivity index is 1.98. The van der Waals surface area contributed by atoms with Crippen LogP contribution in [0.3, 0.4) is 0 Å². The SMILES string of the molecule is CCCCCCCC[C@H]1C[C@@H](C)OC1=O. The van der Waals surface area contributed by atoms with Gasteiger partial charge in [-0.05, 0) is 19.8 Å². The lowest BCUT2D eigenvalue weighted by molar-refractivity contribution is -0.143. The molecule has 1 saturated heterocycles. The summed E-state index contributed by atoms with van der Waals surface area (Å²) in [6.07, 6.45) is 9.92. The molecule has 0 saturated carbocycles. The van der Waals surface area contributed by atoms with Crippen LogP contribution in [0.4, 0.5) is 0 Å². The van der Waals surface area contributed by atoms with E-state index in [0.717, 1.165) is 12.8 Å². The van der Waals surface area contributed by atoms with Crippen molar-refractivity contribution in [1.82, 2.24) is 0 Å². The van der Waals surface area contributed by atoms with Crippen LogP contribution in [-0.2, 0) is 9.53 Å². The van der Waals surface area contributed by atoms with Crippen molar-refractivity contribution in [2.45, 2.75) is 71.3 Å². The minimum Gasteiger partial charge on any atom is -0.462 e. The lowest BCUT2D eigenvalue weighted by Gasteiger charge is -2.04. The fraction of sp³-hybridized carbons (Fsp3) is 0.923. The first-order chi connectivity index (χ1) is 7.24. The van der Waals surface area contributed by atoms with Gasteiger partial charge >= 0.3 is 5.97 Å². The molecule has 15 heavy (non-hydrogen) atoms. The van der Waals surface area contributed by atoms with E-state index in [1.165, 1.54) is 38.5 Å². The van der Waals surface area contributed by atoms with Crippen LogP contribution >= 0.6 is 0 Å². The number of esters is 1. The van der Waals surface area contributed by atoms with Crippen molar-refractivity contribution in [3.05, 3.63) is 0 Å². The molecule has 0 aliphatic carbocycles. The lowest BCUT2D eigenvalue weighted by atomic mass is 9.97. The summed E-state index contributed by atoms with van der Waals surface area (Å²) in [5, 5.41) is 0. The molecule has 1 heterocycles. The number of hydrogen-bond donors (Lipinski definition) is 0. The average molecular weight is 212 g/mol. The second-order valence-corrected chi connectivity index (χ2v) is 4.74. The van der Waals surface area contributed by atoms with Crippen LogP contribution in [-0.4, -0.2) is 12.1 Å². The number of cyclic esters (lactones) is 1. The van der Waals surface area contributed by atoms with Crippen molar-refractivity contribution in [2.75, 3.05) is 0 Å². The number of carbonyl (C=O) groups excluding carboxylic acids is 1. The zero-order chi connectivity index (χ0) is 11.1. The first kappa shape index (κ1) is 12.5. The Morgan fingerprint density at radius 1 is 1.20 bits per heavy atom. The van der Waals surface area contributed by atoms with E-state index in [1.54, 1.807) is 0 Å². The second kappa shape index (κ2) is 6.86. The summed E-state index contributed by atoms with van der Waals surface area (Å²) in [5.74, 6) is 0.238. The Morgan fingerprint density at radius 2 is 1.87 bits per heavy atom. The van der Waals surface area contributed by atoms with E-state index in [-0.39, 0.29) is 18.0 Å². The van der Waals surface area contributed by atoms with E-state index in [1.807, 2.05) is 6.92 Å². The largest absolute Gasteiger partial charge is 0.462 e. The van der Waals surface area contributed by atoms with Gasteiger partial charge in [0.15, 0.2) is 0 Å². The Hall–Kier alpha value is -0.530. The van der Waals surface area contributed by atoms with E-state index in [2.05, 4.69) is 6.92 Å². The number of unbranched alkanes of at least 4 members (excludes halogenated alkanes) is 5. The molecular formula is C13H24O2. The molecule has 1 aliphatic heterocycles. The van der Waals surface area contributed by atoms with E-state index in [0.29, 0.717) is 0 Å². The van der Waals surface area contributed by atoms with Crippen LogP contribution in [0, 0.1) is 5.92 Å². The highest BCUT2D eigenvalue weighted by Gasteiger charge is 2.30. The minimum absolute atomic E-state index is 0.0380. The zero-order valence-corrected chi connectivity index (χ0v) is 10.1. The van der Waals surface area contributed by atoms with Gasteiger partial charge in [0.2, 0.25) is 0 Å². The summed E-state index contributed by atoms with van der Waals surface area (Å²) >= 11 is 0. The van der Waals surface area contributed by atoms with Crippen molar-refractivity contribution >= 4 is 5.97 Å². The molecule has 0 aromatic carbocycles. The van der Waals surface area contributed by atoms with E-state index in [4.69, 9.17) is 4.74 Å². The van der Waals surface area contributed by atoms with Crippen molar-refractivity contribution in [1.29, 1.82) is 0 Å². The van der Waals surface area contributed by atoms with Crippen LogP contribution in [0.5, 0.6) is 0 Å². The third-order valence-corrected chi connectivity index (χ3v) is 3.17. The van der Waals surface area contributed by atoms with Gasteiger partial charge in [-0.2, -0.15) is 0 Å². The number of ether oxygens (including phenoxy) is 1. The normalized spacial score (nSPS) is 25.6. The predicted octanol–water partition coefficient (Wildman–Crippen LogP) is 3.69. The first-order valence-electron chi connectivity index (χ1n) is 6.44. The van der Waals surface area contributed by atoms with Gasteiger partial charge in [-0.25, -0.2) is 0 Å². The Labute approximate surface area is 93.4 Å². The Bertz CT molecular complexity index is 189. The predicted molar refractivity (Wildman–Crippen MR) is 61.7 cm³/mol. The van der Waals surface area contributed by atoms with Crippen LogP contribution in [0.1, 0.15) is 65.2 Å². The molecule has 0 amide bonds. The number of carbonyl (C=O) groups is 1. The Kier molecular flexibility index (Phi) is 5.74. The zero-order valence-electron chi connectivity index (χ0n) is 10.1. The van der Waals surface area contributed by atoms with Crippen LogP contribution in [0.15, 0.2) is 0 Å². The Morgan fingerprint density at radius 3 is 2.47 bits per heavy atom. The molecule has 0 spiro atoms. The highest BCUT2D eigenvalue weighted by atomic mass is 16.5. The third kappa shape index (κ3) is 4.67. The van der Waals surface area contributed by atoms with Crippen LogP contribution in [0.2, 0.25) is 0 Å². The van der Waals surface area contributed by atoms with Crippen LogP contribution < -0.4 is 0 Å². The maximum Gasteiger partial charge on any atom is 0.309 e. The summed E-state index contributed by atoms with van der Waals surface area (Å²) in [6.45, 7) is 4.22. The smallest absolute Gasteiger partial charge is 0.309 e. The molecule has 1 aliphatic rings. The molecule has 0 bridgehead atoms. The summed E-state index contributed by atoms with van der Waals surface area (Å²) < 4.78 is 5.13. The van der Waals surface area contributed by atoms with Gasteiger partial charge in [-0.15, -0.1) is 0 Å². The lowest BCUT2D eigenvalue weighted by Crippen LogP contribution is -2.07. The molecule has 2 atom stereocenters. The van der Waals surface area contributed by atoms with Crippen molar-refractivity contribution in [2.24, 2.45) is 5.92 Å². The molecule has 0 aromatic rings. The summed E-state index contributed by atoms with van der Waals surface area (Å²) in [7, 11) is 0. The van der Waals surface area contributed by atoms with Crippen LogP contribution in [0.25, 0.3) is 0 Å². The molecule has 1 rings (SSSR count). The van der Waals surface area contributed by atoms with E-state index in [9.17, 15) is 4.79 Å². The van der Waals surface area contributed by atoms with E-state index < -0.39 is 0 Å². The topological polar surface area (TPSA) is 26.3 Å². The van der Waals surface area contributed by atoms with Gasteiger partial charge in [0.25, 0.3) is 0 Å². The highest BCUT2D eigenvalue weighted by Crippen LogP contribution is 2.25. The molecule has 0 unspecified atom stereocenters. The van der Waals surface area contributed by atoms with Crippen molar-refractivity contribution in [3.63, 3.8) is 0 Å². The van der Waals surface area contributed by atoms with Gasteiger partial charge in [0.05, 0.1) is 12.0 Å². The van der Waals surface area contributed by atoms with Crippen molar-refractivity contribution in [3.8, 4) is 0 Å². The molecule has 2 nitrogen and oxygen atoms in total. The van der Waals surface area contributed by atoms with Crippen molar-refractivity contribution < 1.29 is 9.53 Å². The molecule has 2 heteroatoms. The van der Waals surface area contributed by atoms with Gasteiger partial charge in [-0.1, -0.05) is 45.4 Å².